The van der Waals surface area contributed by atoms with Crippen molar-refractivity contribution in [2.45, 2.75) is 39.2 Å². The number of anilines is 1. The molecule has 19 heavy (non-hydrogen) atoms. The minimum atomic E-state index is -3.57. The average Bonchev–Trinajstić information content (AvgIpc) is 2.34. The van der Waals surface area contributed by atoms with Gasteiger partial charge in [-0.2, -0.15) is 12.7 Å². The summed E-state index contributed by atoms with van der Waals surface area (Å²) in [5, 5.41) is 0.174. The van der Waals surface area contributed by atoms with Gasteiger partial charge in [0.15, 0.2) is 5.15 Å². The third-order valence-corrected chi connectivity index (χ3v) is 5.30. The molecule has 5 nitrogen and oxygen atoms in total. The maximum atomic E-state index is 12.4. The topological polar surface area (TPSA) is 62.3 Å². The number of hydrogen-bond donors (Lipinski definition) is 1. The van der Waals surface area contributed by atoms with E-state index < -0.39 is 10.2 Å². The second-order valence-corrected chi connectivity index (χ2v) is 6.84. The monoisotopic (exact) mass is 303 g/mol. The molecule has 1 aliphatic rings. The van der Waals surface area contributed by atoms with Gasteiger partial charge in [-0.25, -0.2) is 4.98 Å². The van der Waals surface area contributed by atoms with Crippen LogP contribution in [0.15, 0.2) is 12.3 Å². The van der Waals surface area contributed by atoms with E-state index in [2.05, 4.69) is 9.71 Å². The van der Waals surface area contributed by atoms with Gasteiger partial charge in [0.05, 0.1) is 5.69 Å². The van der Waals surface area contributed by atoms with E-state index in [1.807, 2.05) is 6.92 Å². The lowest BCUT2D eigenvalue weighted by Gasteiger charge is -2.32. The number of nitrogens with one attached hydrogen (secondary N) is 1. The van der Waals surface area contributed by atoms with Crippen LogP contribution in [0.25, 0.3) is 0 Å². The summed E-state index contributed by atoms with van der Waals surface area (Å²) in [5.41, 5.74) is 1.12. The highest BCUT2D eigenvalue weighted by atomic mass is 35.5. The van der Waals surface area contributed by atoms with Gasteiger partial charge in [-0.05, 0) is 38.3 Å². The van der Waals surface area contributed by atoms with E-state index in [1.54, 1.807) is 19.2 Å². The van der Waals surface area contributed by atoms with Crippen molar-refractivity contribution < 1.29 is 8.42 Å². The molecule has 0 amide bonds. The molecule has 0 aromatic carbocycles. The van der Waals surface area contributed by atoms with Crippen molar-refractivity contribution in [1.82, 2.24) is 9.29 Å². The molecule has 1 atom stereocenters. The van der Waals surface area contributed by atoms with Crippen molar-refractivity contribution in [2.75, 3.05) is 11.3 Å². The number of aryl methyl sites for hydroxylation is 1. The average molecular weight is 304 g/mol. The lowest BCUT2D eigenvalue weighted by atomic mass is 10.1. The summed E-state index contributed by atoms with van der Waals surface area (Å²) in [6.45, 7) is 4.27. The Morgan fingerprint density at radius 2 is 2.21 bits per heavy atom. The molecule has 1 N–H and O–H groups in total. The molecule has 2 heterocycles. The number of aromatic nitrogens is 1. The van der Waals surface area contributed by atoms with Crippen LogP contribution in [0, 0.1) is 6.92 Å². The van der Waals surface area contributed by atoms with E-state index in [9.17, 15) is 8.42 Å². The Labute approximate surface area is 119 Å². The molecule has 1 aromatic rings. The first kappa shape index (κ1) is 14.6. The Morgan fingerprint density at radius 1 is 1.47 bits per heavy atom. The molecule has 1 fully saturated rings. The SMILES string of the molecule is Cc1ccnc(Cl)c1NS(=O)(=O)N1CCCCC1C. The van der Waals surface area contributed by atoms with Crippen LogP contribution in [-0.2, 0) is 10.2 Å². The summed E-state index contributed by atoms with van der Waals surface area (Å²) < 4.78 is 28.9. The standard InChI is InChI=1S/C12H18ClN3O2S/c1-9-6-7-14-12(13)11(9)15-19(17,18)16-8-4-3-5-10(16)2/h6-7,10,15H,3-5,8H2,1-2H3. The molecule has 1 saturated heterocycles. The predicted molar refractivity (Wildman–Crippen MR) is 76.5 cm³/mol. The van der Waals surface area contributed by atoms with Crippen LogP contribution in [0.1, 0.15) is 31.7 Å². The first-order valence-electron chi connectivity index (χ1n) is 6.32. The smallest absolute Gasteiger partial charge is 0.267 e. The molecule has 1 aromatic heterocycles. The Hall–Kier alpha value is -0.850. The fourth-order valence-corrected chi connectivity index (χ4v) is 4.15. The van der Waals surface area contributed by atoms with Gasteiger partial charge in [0.1, 0.15) is 0 Å². The van der Waals surface area contributed by atoms with Crippen LogP contribution in [0.3, 0.4) is 0 Å². The quantitative estimate of drug-likeness (QED) is 0.873. The largest absolute Gasteiger partial charge is 0.301 e. The minimum Gasteiger partial charge on any atom is -0.267 e. The maximum absolute atomic E-state index is 12.4. The molecular formula is C12H18ClN3O2S. The van der Waals surface area contributed by atoms with Crippen molar-refractivity contribution in [3.05, 3.63) is 23.0 Å². The molecule has 0 saturated carbocycles. The Kier molecular flexibility index (Phi) is 4.32. The summed E-state index contributed by atoms with van der Waals surface area (Å²) in [6, 6.07) is 1.74. The highest BCUT2D eigenvalue weighted by Gasteiger charge is 2.30. The van der Waals surface area contributed by atoms with Crippen molar-refractivity contribution in [3.8, 4) is 0 Å². The van der Waals surface area contributed by atoms with Gasteiger partial charge in [0.25, 0.3) is 0 Å². The summed E-state index contributed by atoms with van der Waals surface area (Å²) in [4.78, 5) is 3.91. The summed E-state index contributed by atoms with van der Waals surface area (Å²) >= 11 is 5.95. The van der Waals surface area contributed by atoms with Crippen molar-refractivity contribution in [1.29, 1.82) is 0 Å². The molecule has 7 heteroatoms. The molecule has 0 aliphatic carbocycles. The number of pyridine rings is 1. The van der Waals surface area contributed by atoms with Crippen molar-refractivity contribution in [2.24, 2.45) is 0 Å². The molecule has 106 valence electrons. The normalized spacial score (nSPS) is 21.3. The van der Waals surface area contributed by atoms with Gasteiger partial charge >= 0.3 is 10.2 Å². The Morgan fingerprint density at radius 3 is 2.84 bits per heavy atom. The minimum absolute atomic E-state index is 0.0157. The van der Waals surface area contributed by atoms with E-state index in [0.29, 0.717) is 12.2 Å². The summed E-state index contributed by atoms with van der Waals surface area (Å²) in [7, 11) is -3.57. The highest BCUT2D eigenvalue weighted by molar-refractivity contribution is 7.90. The predicted octanol–water partition coefficient (Wildman–Crippen LogP) is 2.57. The zero-order valence-electron chi connectivity index (χ0n) is 11.1. The van der Waals surface area contributed by atoms with Gasteiger partial charge < -0.3 is 0 Å². The number of hydrogen-bond acceptors (Lipinski definition) is 3. The molecule has 0 bridgehead atoms. The first-order chi connectivity index (χ1) is 8.92. The van der Waals surface area contributed by atoms with Crippen LogP contribution in [0.4, 0.5) is 5.69 Å². The van der Waals surface area contributed by atoms with Gasteiger partial charge in [0, 0.05) is 18.8 Å². The first-order valence-corrected chi connectivity index (χ1v) is 8.14. The second-order valence-electron chi connectivity index (χ2n) is 4.86. The van der Waals surface area contributed by atoms with E-state index in [4.69, 9.17) is 11.6 Å². The maximum Gasteiger partial charge on any atom is 0.301 e. The van der Waals surface area contributed by atoms with Gasteiger partial charge in [-0.15, -0.1) is 0 Å². The molecule has 0 spiro atoms. The van der Waals surface area contributed by atoms with Crippen LogP contribution in [0.2, 0.25) is 5.15 Å². The molecular weight excluding hydrogens is 286 g/mol. The highest BCUT2D eigenvalue weighted by Crippen LogP contribution is 2.27. The number of nitrogens with zero attached hydrogens (tertiary/aromatic N) is 2. The van der Waals surface area contributed by atoms with Crippen LogP contribution in [-0.4, -0.2) is 30.3 Å². The zero-order chi connectivity index (χ0) is 14.0. The van der Waals surface area contributed by atoms with Gasteiger partial charge in [0.2, 0.25) is 0 Å². The molecule has 2 rings (SSSR count). The lowest BCUT2D eigenvalue weighted by molar-refractivity contribution is 0.270. The number of halogens is 1. The van der Waals surface area contributed by atoms with E-state index in [-0.39, 0.29) is 11.2 Å². The Bertz CT molecular complexity index is 542. The second kappa shape index (κ2) is 5.64. The van der Waals surface area contributed by atoms with Gasteiger partial charge in [-0.3, -0.25) is 4.72 Å². The van der Waals surface area contributed by atoms with Crippen molar-refractivity contribution in [3.63, 3.8) is 0 Å². The lowest BCUT2D eigenvalue weighted by Crippen LogP contribution is -2.45. The van der Waals surface area contributed by atoms with Crippen LogP contribution < -0.4 is 4.72 Å². The van der Waals surface area contributed by atoms with Crippen LogP contribution >= 0.6 is 11.6 Å². The fraction of sp³-hybridized carbons (Fsp3) is 0.583. The van der Waals surface area contributed by atoms with E-state index in [1.165, 1.54) is 4.31 Å². The molecule has 1 unspecified atom stereocenters. The fourth-order valence-electron chi connectivity index (χ4n) is 2.26. The number of rotatable bonds is 3. The summed E-state index contributed by atoms with van der Waals surface area (Å²) in [6.07, 6.45) is 4.41. The zero-order valence-corrected chi connectivity index (χ0v) is 12.6. The van der Waals surface area contributed by atoms with E-state index >= 15 is 0 Å². The van der Waals surface area contributed by atoms with Crippen LogP contribution in [0.5, 0.6) is 0 Å². The van der Waals surface area contributed by atoms with E-state index in [0.717, 1.165) is 24.8 Å². The van der Waals surface area contributed by atoms with Gasteiger partial charge in [-0.1, -0.05) is 18.0 Å². The third-order valence-electron chi connectivity index (χ3n) is 3.39. The molecule has 0 radical (unpaired) electrons. The third kappa shape index (κ3) is 3.19. The molecule has 1 aliphatic heterocycles. The summed E-state index contributed by atoms with van der Waals surface area (Å²) in [5.74, 6) is 0. The van der Waals surface area contributed by atoms with Crippen molar-refractivity contribution >= 4 is 27.5 Å². The number of piperidine rings is 1. The Balaban J connectivity index is 2.26.